The van der Waals surface area contributed by atoms with Gasteiger partial charge in [0.15, 0.2) is 0 Å². The molecule has 2 aliphatic heterocycles. The lowest BCUT2D eigenvalue weighted by Crippen LogP contribution is -2.62. The molecular formula is C58H55F3N10O5. The highest BCUT2D eigenvalue weighted by Crippen LogP contribution is 2.56. The van der Waals surface area contributed by atoms with Gasteiger partial charge < -0.3 is 10.6 Å². The summed E-state index contributed by atoms with van der Waals surface area (Å²) < 4.78 is 45.1. The van der Waals surface area contributed by atoms with Gasteiger partial charge in [0.25, 0.3) is 11.8 Å². The number of imide groups is 2. The fourth-order valence-electron chi connectivity index (χ4n) is 13.5. The van der Waals surface area contributed by atoms with Gasteiger partial charge in [-0.15, -0.1) is 0 Å². The number of benzene rings is 3. The van der Waals surface area contributed by atoms with Gasteiger partial charge in [0.1, 0.15) is 34.3 Å². The highest BCUT2D eigenvalue weighted by molar-refractivity contribution is 6.09. The number of rotatable bonds is 3. The molecule has 4 N–H and O–H groups in total. The molecule has 6 aromatic rings. The summed E-state index contributed by atoms with van der Waals surface area (Å²) >= 11 is 0. The van der Waals surface area contributed by atoms with Crippen LogP contribution in [0.3, 0.4) is 0 Å². The van der Waals surface area contributed by atoms with E-state index in [1.807, 2.05) is 10.9 Å². The Kier molecular flexibility index (Phi) is 11.4. The Morgan fingerprint density at radius 2 is 0.816 bits per heavy atom. The van der Waals surface area contributed by atoms with Crippen LogP contribution in [0, 0.1) is 33.7 Å². The molecule has 5 heterocycles. The molecule has 5 atom stereocenters. The van der Waals surface area contributed by atoms with Crippen LogP contribution in [0.15, 0.2) is 108 Å². The number of fused-ring (bicyclic) bond motifs is 8. The minimum atomic E-state index is -0.913. The summed E-state index contributed by atoms with van der Waals surface area (Å²) in [6.45, 7) is 6.17. The summed E-state index contributed by atoms with van der Waals surface area (Å²) in [5.74, 6) is -0.977. The molecule has 0 radical (unpaired) electrons. The highest BCUT2D eigenvalue weighted by Gasteiger charge is 2.63. The third-order valence-electron chi connectivity index (χ3n) is 17.8. The lowest BCUT2D eigenvalue weighted by Gasteiger charge is -2.50. The molecule has 3 saturated carbocycles. The van der Waals surface area contributed by atoms with E-state index in [0.717, 1.165) is 101 Å². The van der Waals surface area contributed by atoms with Crippen LogP contribution in [0.1, 0.15) is 112 Å². The van der Waals surface area contributed by atoms with Crippen molar-refractivity contribution in [2.75, 3.05) is 0 Å². The summed E-state index contributed by atoms with van der Waals surface area (Å²) in [4.78, 5) is 61.6. The topological polar surface area (TPSA) is 187 Å². The summed E-state index contributed by atoms with van der Waals surface area (Å²) in [5, 5.41) is 24.1. The first kappa shape index (κ1) is 48.8. The molecular weight excluding hydrogens is 974 g/mol. The van der Waals surface area contributed by atoms with Gasteiger partial charge in [0.05, 0.1) is 58.1 Å². The maximum atomic E-state index is 13.3. The molecule has 0 bridgehead atoms. The Bertz CT molecular complexity index is 3380. The second-order valence-electron chi connectivity index (χ2n) is 22.0. The average Bonchev–Trinajstić information content (AvgIpc) is 4.22. The van der Waals surface area contributed by atoms with Crippen molar-refractivity contribution in [2.45, 2.75) is 109 Å². The first-order valence-corrected chi connectivity index (χ1v) is 25.9. The van der Waals surface area contributed by atoms with E-state index < -0.39 is 34.0 Å². The normalized spacial score (nSPS) is 27.5. The number of nitrogens with zero attached hydrogens (tertiary/aromatic N) is 6. The van der Waals surface area contributed by atoms with Crippen LogP contribution < -0.4 is 21.3 Å². The predicted octanol–water partition coefficient (Wildman–Crippen LogP) is 9.15. The monoisotopic (exact) mass is 1030 g/mol. The lowest BCUT2D eigenvalue weighted by molar-refractivity contribution is -0.129. The molecule has 3 aromatic carbocycles. The molecule has 6 aliphatic carbocycles. The van der Waals surface area contributed by atoms with Crippen molar-refractivity contribution in [1.82, 2.24) is 50.6 Å². The van der Waals surface area contributed by atoms with Gasteiger partial charge in [-0.1, -0.05) is 30.6 Å². The third kappa shape index (κ3) is 7.52. The minimum absolute atomic E-state index is 0.241. The first-order valence-electron chi connectivity index (χ1n) is 25.9. The second kappa shape index (κ2) is 17.7. The highest BCUT2D eigenvalue weighted by atomic mass is 19.1. The number of amides is 6. The molecule has 3 aromatic heterocycles. The van der Waals surface area contributed by atoms with E-state index >= 15 is 0 Å². The molecule has 18 heteroatoms. The SMILES string of the molecule is C[C@]12Cc3cnn(-c4ccc(F)cc4)c3C=C1CCCC2=O.C[C@]12Cc3cnn(-c4ccc(F)cc4)c3C=C1CCC[C@@]21NC(=O)NC1=O.C[C@]12Cc3cnn(-c4ccc(F)cc4)c3C=C1CCC[C@]21NC(=O)NC1=O. The van der Waals surface area contributed by atoms with Crippen LogP contribution in [0.2, 0.25) is 0 Å². The van der Waals surface area contributed by atoms with E-state index in [1.165, 1.54) is 42.0 Å². The summed E-state index contributed by atoms with van der Waals surface area (Å²) in [7, 11) is 0. The van der Waals surface area contributed by atoms with Crippen molar-refractivity contribution >= 4 is 47.9 Å². The van der Waals surface area contributed by atoms with Crippen LogP contribution >= 0.6 is 0 Å². The van der Waals surface area contributed by atoms with Crippen molar-refractivity contribution in [3.63, 3.8) is 0 Å². The molecule has 8 aliphatic rings. The summed E-state index contributed by atoms with van der Waals surface area (Å²) in [6, 6.07) is 17.9. The first-order chi connectivity index (χ1) is 36.4. The Morgan fingerprint density at radius 3 is 1.18 bits per heavy atom. The van der Waals surface area contributed by atoms with E-state index in [2.05, 4.69) is 75.6 Å². The van der Waals surface area contributed by atoms with E-state index in [9.17, 15) is 37.1 Å². The number of hydrogen-bond donors (Lipinski definition) is 4. The van der Waals surface area contributed by atoms with Crippen LogP contribution in [0.5, 0.6) is 0 Å². The number of carbonyl (C=O) groups excluding carboxylic acids is 5. The van der Waals surface area contributed by atoms with Crippen molar-refractivity contribution < 1.29 is 37.1 Å². The molecule has 2 saturated heterocycles. The molecule has 2 spiro atoms. The Hall–Kier alpha value is -8.15. The number of Topliss-reactive ketones (excluding diaryl/α,β-unsaturated/α-hetero) is 1. The number of ketones is 1. The van der Waals surface area contributed by atoms with E-state index in [-0.39, 0.29) is 34.7 Å². The van der Waals surface area contributed by atoms with Crippen LogP contribution in [0.4, 0.5) is 22.8 Å². The van der Waals surface area contributed by atoms with Crippen molar-refractivity contribution in [2.24, 2.45) is 16.2 Å². The number of aromatic nitrogens is 6. The molecule has 15 nitrogen and oxygen atoms in total. The fourth-order valence-corrected chi connectivity index (χ4v) is 13.5. The van der Waals surface area contributed by atoms with Crippen LogP contribution in [-0.4, -0.2) is 70.1 Å². The third-order valence-corrected chi connectivity index (χ3v) is 17.8. The number of carbonyl (C=O) groups is 5. The number of urea groups is 2. The number of hydrogen-bond acceptors (Lipinski definition) is 8. The summed E-state index contributed by atoms with van der Waals surface area (Å²) in [6.07, 6.45) is 20.9. The van der Waals surface area contributed by atoms with Crippen molar-refractivity contribution in [3.8, 4) is 17.1 Å². The van der Waals surface area contributed by atoms with Crippen molar-refractivity contribution in [3.05, 3.63) is 159 Å². The number of allylic oxidation sites excluding steroid dienone is 1. The minimum Gasteiger partial charge on any atom is -0.322 e. The van der Waals surface area contributed by atoms with Gasteiger partial charge in [0, 0.05) is 17.3 Å². The van der Waals surface area contributed by atoms with Crippen LogP contribution in [0.25, 0.3) is 35.3 Å². The van der Waals surface area contributed by atoms with E-state index in [0.29, 0.717) is 44.3 Å². The zero-order valence-corrected chi connectivity index (χ0v) is 42.2. The van der Waals surface area contributed by atoms with Crippen molar-refractivity contribution in [1.29, 1.82) is 0 Å². The number of nitrogens with one attached hydrogen (secondary N) is 4. The predicted molar refractivity (Wildman–Crippen MR) is 275 cm³/mol. The molecule has 76 heavy (non-hydrogen) atoms. The van der Waals surface area contributed by atoms with Gasteiger partial charge >= 0.3 is 12.1 Å². The quantitative estimate of drug-likeness (QED) is 0.126. The Morgan fingerprint density at radius 1 is 0.461 bits per heavy atom. The summed E-state index contributed by atoms with van der Waals surface area (Å²) in [5.41, 5.74) is 8.78. The standard InChI is InChI=1S/2C20H19FN4O2.C18H17FN2O/c2*1-19-10-12-11-22-25(15-6-4-14(21)5-7-15)16(12)9-13(19)3-2-8-20(19)17(26)23-18(27)24-20;1-18-10-12-11-20-21(15-7-5-14(19)6-8-15)16(12)9-13(18)3-2-4-17(18)22/h2*4-7,9,11H,2-3,8,10H2,1H3,(H2,23,24,26,27);5-9,11H,2-4,10H2,1H3/t19-,20+;19-,20-;18-/m000/s1. The van der Waals surface area contributed by atoms with Gasteiger partial charge in [-0.05, 0) is 185 Å². The van der Waals surface area contributed by atoms with E-state index in [1.54, 1.807) is 58.2 Å². The molecule has 14 rings (SSSR count). The largest absolute Gasteiger partial charge is 0.322 e. The zero-order valence-electron chi connectivity index (χ0n) is 42.2. The zero-order chi connectivity index (χ0) is 52.9. The molecule has 6 amide bonds. The molecule has 0 unspecified atom stereocenters. The van der Waals surface area contributed by atoms with E-state index in [4.69, 9.17) is 0 Å². The fraction of sp³-hybridized carbons (Fsp3) is 0.345. The van der Waals surface area contributed by atoms with Gasteiger partial charge in [-0.3, -0.25) is 25.0 Å². The lowest BCUT2D eigenvalue weighted by atomic mass is 9.55. The number of halogens is 3. The van der Waals surface area contributed by atoms with Crippen LogP contribution in [-0.2, 0) is 33.6 Å². The van der Waals surface area contributed by atoms with Gasteiger partial charge in [-0.2, -0.15) is 15.3 Å². The molecule has 388 valence electrons. The molecule has 5 fully saturated rings. The smallest absolute Gasteiger partial charge is 0.322 e. The maximum Gasteiger partial charge on any atom is 0.322 e. The average molecular weight is 1030 g/mol. The maximum absolute atomic E-state index is 13.3. The van der Waals surface area contributed by atoms with Gasteiger partial charge in [0.2, 0.25) is 0 Å². The Labute approximate surface area is 435 Å². The van der Waals surface area contributed by atoms with Gasteiger partial charge in [-0.25, -0.2) is 36.8 Å². The second-order valence-corrected chi connectivity index (χ2v) is 22.0. The Balaban J connectivity index is 0.000000116.